The third-order valence-electron chi connectivity index (χ3n) is 1.62. The maximum Gasteiger partial charge on any atom is 0.0363 e. The zero-order valence-electron chi connectivity index (χ0n) is 6.63. The van der Waals surface area contributed by atoms with E-state index in [1.165, 1.54) is 10.1 Å². The van der Waals surface area contributed by atoms with Gasteiger partial charge in [0, 0.05) is 23.7 Å². The molecule has 0 radical (unpaired) electrons. The van der Waals surface area contributed by atoms with Crippen molar-refractivity contribution in [3.8, 4) is 0 Å². The molecule has 0 aliphatic rings. The number of anilines is 1. The molecule has 0 spiro atoms. The van der Waals surface area contributed by atoms with Gasteiger partial charge < -0.3 is 4.90 Å². The Morgan fingerprint density at radius 2 is 1.91 bits per heavy atom. The summed E-state index contributed by atoms with van der Waals surface area (Å²) in [5.74, 6) is 0. The quantitative estimate of drug-likeness (QED) is 0.597. The Kier molecular flexibility index (Phi) is 3.69. The van der Waals surface area contributed by atoms with Gasteiger partial charge in [-0.25, -0.2) is 0 Å². The van der Waals surface area contributed by atoms with Crippen molar-refractivity contribution in [1.82, 2.24) is 0 Å². The normalized spacial score (nSPS) is 9.64. The van der Waals surface area contributed by atoms with Gasteiger partial charge in [-0.15, -0.1) is 0 Å². The number of halogens is 1. The molecule has 0 aliphatic heterocycles. The molecule has 2 heteroatoms. The summed E-state index contributed by atoms with van der Waals surface area (Å²) < 4.78 is 1.17. The van der Waals surface area contributed by atoms with Gasteiger partial charge in [0.05, 0.1) is 0 Å². The summed E-state index contributed by atoms with van der Waals surface area (Å²) >= 11 is 2.39. The van der Waals surface area contributed by atoms with Gasteiger partial charge in [0.25, 0.3) is 0 Å². The SMILES string of the molecule is CN(CCI)c1ccccc1. The minimum absolute atomic E-state index is 1.12. The molecule has 0 bridgehead atoms. The molecule has 1 rings (SSSR count). The molecule has 0 unspecified atom stereocenters. The number of para-hydroxylation sites is 1. The largest absolute Gasteiger partial charge is 0.374 e. The van der Waals surface area contributed by atoms with Crippen molar-refractivity contribution in [1.29, 1.82) is 0 Å². The summed E-state index contributed by atoms with van der Waals surface area (Å²) in [6.07, 6.45) is 0. The summed E-state index contributed by atoms with van der Waals surface area (Å²) in [5.41, 5.74) is 1.30. The van der Waals surface area contributed by atoms with Crippen LogP contribution in [-0.2, 0) is 0 Å². The van der Waals surface area contributed by atoms with Crippen LogP contribution >= 0.6 is 22.6 Å². The second-order valence-electron chi connectivity index (χ2n) is 2.45. The third kappa shape index (κ3) is 2.69. The summed E-state index contributed by atoms with van der Waals surface area (Å²) in [5, 5.41) is 0. The van der Waals surface area contributed by atoms with Crippen molar-refractivity contribution in [3.63, 3.8) is 0 Å². The van der Waals surface area contributed by atoms with Crippen LogP contribution in [0, 0.1) is 0 Å². The van der Waals surface area contributed by atoms with Gasteiger partial charge in [-0.1, -0.05) is 40.8 Å². The van der Waals surface area contributed by atoms with Crippen LogP contribution in [0.2, 0.25) is 0 Å². The molecular weight excluding hydrogens is 249 g/mol. The van der Waals surface area contributed by atoms with Crippen molar-refractivity contribution in [2.45, 2.75) is 0 Å². The second kappa shape index (κ2) is 4.59. The molecule has 0 aliphatic carbocycles. The highest BCUT2D eigenvalue weighted by molar-refractivity contribution is 14.1. The van der Waals surface area contributed by atoms with E-state index in [-0.39, 0.29) is 0 Å². The van der Waals surface area contributed by atoms with Crippen LogP contribution < -0.4 is 4.90 Å². The molecule has 0 fully saturated rings. The molecule has 0 atom stereocenters. The molecule has 0 aromatic heterocycles. The van der Waals surface area contributed by atoms with E-state index >= 15 is 0 Å². The highest BCUT2D eigenvalue weighted by Gasteiger charge is 1.95. The fourth-order valence-electron chi connectivity index (χ4n) is 0.938. The predicted molar refractivity (Wildman–Crippen MR) is 58.6 cm³/mol. The molecule has 0 saturated carbocycles. The van der Waals surface area contributed by atoms with E-state index in [4.69, 9.17) is 0 Å². The Bertz CT molecular complexity index is 198. The van der Waals surface area contributed by atoms with Gasteiger partial charge in [0.15, 0.2) is 0 Å². The van der Waals surface area contributed by atoms with Crippen LogP contribution in [0.3, 0.4) is 0 Å². The van der Waals surface area contributed by atoms with E-state index in [0.717, 1.165) is 6.54 Å². The minimum atomic E-state index is 1.12. The molecule has 1 aromatic carbocycles. The van der Waals surface area contributed by atoms with Crippen molar-refractivity contribution in [2.24, 2.45) is 0 Å². The summed E-state index contributed by atoms with van der Waals surface area (Å²) in [4.78, 5) is 2.26. The maximum atomic E-state index is 2.39. The number of nitrogens with zero attached hydrogens (tertiary/aromatic N) is 1. The van der Waals surface area contributed by atoms with Crippen molar-refractivity contribution in [2.75, 3.05) is 22.9 Å². The van der Waals surface area contributed by atoms with Crippen LogP contribution in [0.25, 0.3) is 0 Å². The highest BCUT2D eigenvalue weighted by Crippen LogP contribution is 2.10. The zero-order valence-corrected chi connectivity index (χ0v) is 8.78. The number of benzene rings is 1. The molecule has 1 aromatic rings. The topological polar surface area (TPSA) is 3.24 Å². The monoisotopic (exact) mass is 261 g/mol. The van der Waals surface area contributed by atoms with Gasteiger partial charge in [0.1, 0.15) is 0 Å². The number of hydrogen-bond donors (Lipinski definition) is 0. The van der Waals surface area contributed by atoms with E-state index in [1.54, 1.807) is 0 Å². The Morgan fingerprint density at radius 3 is 2.45 bits per heavy atom. The average molecular weight is 261 g/mol. The molecule has 0 saturated heterocycles. The van der Waals surface area contributed by atoms with Gasteiger partial charge >= 0.3 is 0 Å². The average Bonchev–Trinajstić information content (AvgIpc) is 2.07. The molecule has 60 valence electrons. The lowest BCUT2D eigenvalue weighted by Gasteiger charge is -2.17. The maximum absolute atomic E-state index is 2.39. The number of hydrogen-bond acceptors (Lipinski definition) is 1. The van der Waals surface area contributed by atoms with E-state index in [2.05, 4.69) is 58.8 Å². The molecule has 0 amide bonds. The summed E-state index contributed by atoms with van der Waals surface area (Å²) in [6.45, 7) is 1.12. The van der Waals surface area contributed by atoms with Crippen LogP contribution in [0.15, 0.2) is 30.3 Å². The van der Waals surface area contributed by atoms with Gasteiger partial charge in [0.2, 0.25) is 0 Å². The van der Waals surface area contributed by atoms with E-state index in [9.17, 15) is 0 Å². The number of alkyl halides is 1. The first-order valence-corrected chi connectivity index (χ1v) is 5.19. The van der Waals surface area contributed by atoms with E-state index in [0.29, 0.717) is 0 Å². The Balaban J connectivity index is 2.61. The Labute approximate surface area is 81.5 Å². The first kappa shape index (κ1) is 8.84. The summed E-state index contributed by atoms with van der Waals surface area (Å²) in [6, 6.07) is 10.4. The molecule has 0 N–H and O–H groups in total. The highest BCUT2D eigenvalue weighted by atomic mass is 127. The van der Waals surface area contributed by atoms with Crippen LogP contribution in [0.4, 0.5) is 5.69 Å². The van der Waals surface area contributed by atoms with Crippen LogP contribution in [0.1, 0.15) is 0 Å². The van der Waals surface area contributed by atoms with Crippen molar-refractivity contribution in [3.05, 3.63) is 30.3 Å². The second-order valence-corrected chi connectivity index (χ2v) is 3.52. The number of rotatable bonds is 3. The zero-order chi connectivity index (χ0) is 8.10. The van der Waals surface area contributed by atoms with E-state index < -0.39 is 0 Å². The Morgan fingerprint density at radius 1 is 1.27 bits per heavy atom. The lowest BCUT2D eigenvalue weighted by molar-refractivity contribution is 0.988. The molecule has 1 nitrogen and oxygen atoms in total. The molecular formula is C9H12IN. The first-order valence-electron chi connectivity index (χ1n) is 3.66. The van der Waals surface area contributed by atoms with Gasteiger partial charge in [-0.05, 0) is 12.1 Å². The third-order valence-corrected chi connectivity index (χ3v) is 2.10. The lowest BCUT2D eigenvalue weighted by atomic mass is 10.3. The van der Waals surface area contributed by atoms with Crippen molar-refractivity contribution < 1.29 is 0 Å². The van der Waals surface area contributed by atoms with Crippen molar-refractivity contribution >= 4 is 28.3 Å². The first-order chi connectivity index (χ1) is 5.34. The Hall–Kier alpha value is -0.250. The predicted octanol–water partition coefficient (Wildman–Crippen LogP) is 2.56. The van der Waals surface area contributed by atoms with E-state index in [1.807, 2.05) is 6.07 Å². The van der Waals surface area contributed by atoms with Gasteiger partial charge in [-0.3, -0.25) is 0 Å². The smallest absolute Gasteiger partial charge is 0.0363 e. The lowest BCUT2D eigenvalue weighted by Crippen LogP contribution is -2.18. The standard InChI is InChI=1S/C9H12IN/c1-11(8-7-10)9-5-3-2-4-6-9/h2-6H,7-8H2,1H3. The van der Waals surface area contributed by atoms with Crippen LogP contribution in [-0.4, -0.2) is 18.0 Å². The summed E-state index contributed by atoms with van der Waals surface area (Å²) in [7, 11) is 2.12. The van der Waals surface area contributed by atoms with Crippen LogP contribution in [0.5, 0.6) is 0 Å². The fraction of sp³-hybridized carbons (Fsp3) is 0.333. The molecule has 0 heterocycles. The van der Waals surface area contributed by atoms with Gasteiger partial charge in [-0.2, -0.15) is 0 Å². The minimum Gasteiger partial charge on any atom is -0.374 e. The molecule has 11 heavy (non-hydrogen) atoms. The fourth-order valence-corrected chi connectivity index (χ4v) is 1.66.